The van der Waals surface area contributed by atoms with Crippen molar-refractivity contribution in [1.29, 1.82) is 0 Å². The van der Waals surface area contributed by atoms with Crippen molar-refractivity contribution in [2.24, 2.45) is 5.92 Å². The number of benzene rings is 1. The molecule has 2 rings (SSSR count). The Morgan fingerprint density at radius 3 is 2.45 bits per heavy atom. The van der Waals surface area contributed by atoms with Crippen molar-refractivity contribution < 1.29 is 19.1 Å². The SMILES string of the molecule is C=CCOc1ccc(C(=O)N2CCC(C(=O)OC)CC2)cc1. The van der Waals surface area contributed by atoms with E-state index in [0.29, 0.717) is 43.9 Å². The van der Waals surface area contributed by atoms with Crippen LogP contribution in [-0.4, -0.2) is 43.6 Å². The topological polar surface area (TPSA) is 55.8 Å². The molecular formula is C17H21NO4. The third kappa shape index (κ3) is 3.87. The third-order valence-electron chi connectivity index (χ3n) is 3.79. The number of methoxy groups -OCH3 is 1. The van der Waals surface area contributed by atoms with Crippen LogP contribution in [0, 0.1) is 5.92 Å². The van der Waals surface area contributed by atoms with Crippen molar-refractivity contribution in [3.05, 3.63) is 42.5 Å². The summed E-state index contributed by atoms with van der Waals surface area (Å²) in [5, 5.41) is 0. The van der Waals surface area contributed by atoms with E-state index >= 15 is 0 Å². The van der Waals surface area contributed by atoms with E-state index in [0.717, 1.165) is 0 Å². The second-order valence-electron chi connectivity index (χ2n) is 5.21. The standard InChI is InChI=1S/C17H21NO4/c1-3-12-22-15-6-4-13(5-7-15)16(19)18-10-8-14(9-11-18)17(20)21-2/h3-7,14H,1,8-12H2,2H3. The smallest absolute Gasteiger partial charge is 0.308 e. The summed E-state index contributed by atoms with van der Waals surface area (Å²) in [5.74, 6) is 0.416. The lowest BCUT2D eigenvalue weighted by molar-refractivity contribution is -0.146. The summed E-state index contributed by atoms with van der Waals surface area (Å²) >= 11 is 0. The van der Waals surface area contributed by atoms with E-state index in [1.165, 1.54) is 7.11 Å². The Kier molecular flexibility index (Phi) is 5.58. The molecular weight excluding hydrogens is 282 g/mol. The molecule has 1 amide bonds. The quantitative estimate of drug-likeness (QED) is 0.618. The van der Waals surface area contributed by atoms with Crippen LogP contribution < -0.4 is 4.74 Å². The highest BCUT2D eigenvalue weighted by Crippen LogP contribution is 2.21. The summed E-state index contributed by atoms with van der Waals surface area (Å²) in [6, 6.07) is 7.07. The summed E-state index contributed by atoms with van der Waals surface area (Å²) in [4.78, 5) is 25.7. The minimum atomic E-state index is -0.184. The summed E-state index contributed by atoms with van der Waals surface area (Å²) in [6.45, 7) is 5.18. The number of hydrogen-bond acceptors (Lipinski definition) is 4. The van der Waals surface area contributed by atoms with Gasteiger partial charge in [0.25, 0.3) is 5.91 Å². The zero-order chi connectivity index (χ0) is 15.9. The molecule has 5 nitrogen and oxygen atoms in total. The van der Waals surface area contributed by atoms with E-state index in [9.17, 15) is 9.59 Å². The number of esters is 1. The van der Waals surface area contributed by atoms with Crippen LogP contribution >= 0.6 is 0 Å². The number of hydrogen-bond donors (Lipinski definition) is 0. The Balaban J connectivity index is 1.92. The first-order valence-corrected chi connectivity index (χ1v) is 7.36. The molecule has 118 valence electrons. The van der Waals surface area contributed by atoms with Crippen LogP contribution in [0.1, 0.15) is 23.2 Å². The second-order valence-corrected chi connectivity index (χ2v) is 5.21. The Bertz CT molecular complexity index is 530. The lowest BCUT2D eigenvalue weighted by Crippen LogP contribution is -2.40. The molecule has 1 saturated heterocycles. The highest BCUT2D eigenvalue weighted by molar-refractivity contribution is 5.94. The van der Waals surface area contributed by atoms with Gasteiger partial charge in [-0.1, -0.05) is 12.7 Å². The van der Waals surface area contributed by atoms with E-state index in [2.05, 4.69) is 6.58 Å². The average Bonchev–Trinajstić information content (AvgIpc) is 2.59. The molecule has 1 aromatic rings. The number of carbonyl (C=O) groups is 2. The van der Waals surface area contributed by atoms with Gasteiger partial charge >= 0.3 is 5.97 Å². The lowest BCUT2D eigenvalue weighted by Gasteiger charge is -2.30. The van der Waals surface area contributed by atoms with Gasteiger partial charge in [-0.05, 0) is 37.1 Å². The van der Waals surface area contributed by atoms with Gasteiger partial charge in [0, 0.05) is 18.7 Å². The Hall–Kier alpha value is -2.30. The number of amides is 1. The van der Waals surface area contributed by atoms with Gasteiger partial charge in [0.15, 0.2) is 0 Å². The maximum Gasteiger partial charge on any atom is 0.308 e. The maximum atomic E-state index is 12.4. The van der Waals surface area contributed by atoms with Crippen molar-refractivity contribution in [3.63, 3.8) is 0 Å². The minimum Gasteiger partial charge on any atom is -0.490 e. The van der Waals surface area contributed by atoms with Gasteiger partial charge in [0.2, 0.25) is 0 Å². The zero-order valence-electron chi connectivity index (χ0n) is 12.8. The summed E-state index contributed by atoms with van der Waals surface area (Å²) in [5.41, 5.74) is 0.627. The molecule has 0 spiro atoms. The third-order valence-corrected chi connectivity index (χ3v) is 3.79. The van der Waals surface area contributed by atoms with Gasteiger partial charge in [-0.3, -0.25) is 9.59 Å². The molecule has 0 unspecified atom stereocenters. The van der Waals surface area contributed by atoms with E-state index in [1.807, 2.05) is 0 Å². The molecule has 0 radical (unpaired) electrons. The Morgan fingerprint density at radius 1 is 1.27 bits per heavy atom. The lowest BCUT2D eigenvalue weighted by atomic mass is 9.96. The number of ether oxygens (including phenoxy) is 2. The fraction of sp³-hybridized carbons (Fsp3) is 0.412. The number of piperidine rings is 1. The fourth-order valence-corrected chi connectivity index (χ4v) is 2.52. The van der Waals surface area contributed by atoms with Gasteiger partial charge in [-0.15, -0.1) is 0 Å². The average molecular weight is 303 g/mol. The van der Waals surface area contributed by atoms with Crippen LogP contribution in [0.25, 0.3) is 0 Å². The minimum absolute atomic E-state index is 0.0152. The Labute approximate surface area is 130 Å². The Morgan fingerprint density at radius 2 is 1.91 bits per heavy atom. The van der Waals surface area contributed by atoms with Crippen LogP contribution in [0.4, 0.5) is 0 Å². The van der Waals surface area contributed by atoms with Crippen molar-refractivity contribution in [2.45, 2.75) is 12.8 Å². The van der Waals surface area contributed by atoms with Crippen LogP contribution in [0.3, 0.4) is 0 Å². The predicted molar refractivity (Wildman–Crippen MR) is 82.8 cm³/mol. The van der Waals surface area contributed by atoms with Crippen LogP contribution in [0.2, 0.25) is 0 Å². The summed E-state index contributed by atoms with van der Waals surface area (Å²) < 4.78 is 10.1. The van der Waals surface area contributed by atoms with Gasteiger partial charge in [-0.2, -0.15) is 0 Å². The van der Waals surface area contributed by atoms with E-state index in [-0.39, 0.29) is 17.8 Å². The monoisotopic (exact) mass is 303 g/mol. The molecule has 1 heterocycles. The number of rotatable bonds is 5. The zero-order valence-corrected chi connectivity index (χ0v) is 12.8. The molecule has 1 fully saturated rings. The van der Waals surface area contributed by atoms with Gasteiger partial charge in [0.05, 0.1) is 13.0 Å². The number of likely N-dealkylation sites (tertiary alicyclic amines) is 1. The van der Waals surface area contributed by atoms with Crippen molar-refractivity contribution in [1.82, 2.24) is 4.90 Å². The number of nitrogens with zero attached hydrogens (tertiary/aromatic N) is 1. The van der Waals surface area contributed by atoms with E-state index in [1.54, 1.807) is 35.2 Å². The molecule has 0 aliphatic carbocycles. The number of carbonyl (C=O) groups excluding carboxylic acids is 2. The summed E-state index contributed by atoms with van der Waals surface area (Å²) in [7, 11) is 1.40. The van der Waals surface area contributed by atoms with Gasteiger partial charge in [-0.25, -0.2) is 0 Å². The first kappa shape index (κ1) is 16.1. The molecule has 1 aromatic carbocycles. The highest BCUT2D eigenvalue weighted by Gasteiger charge is 2.28. The first-order valence-electron chi connectivity index (χ1n) is 7.36. The normalized spacial score (nSPS) is 15.2. The van der Waals surface area contributed by atoms with E-state index in [4.69, 9.17) is 9.47 Å². The molecule has 1 aliphatic rings. The fourth-order valence-electron chi connectivity index (χ4n) is 2.52. The molecule has 1 aliphatic heterocycles. The molecule has 0 N–H and O–H groups in total. The van der Waals surface area contributed by atoms with Crippen molar-refractivity contribution in [3.8, 4) is 5.75 Å². The highest BCUT2D eigenvalue weighted by atomic mass is 16.5. The van der Waals surface area contributed by atoms with E-state index < -0.39 is 0 Å². The first-order chi connectivity index (χ1) is 10.7. The second kappa shape index (κ2) is 7.64. The van der Waals surface area contributed by atoms with Crippen molar-refractivity contribution in [2.75, 3.05) is 26.8 Å². The molecule has 0 saturated carbocycles. The van der Waals surface area contributed by atoms with Crippen LogP contribution in [-0.2, 0) is 9.53 Å². The molecule has 0 bridgehead atoms. The largest absolute Gasteiger partial charge is 0.490 e. The molecule has 0 aromatic heterocycles. The molecule has 22 heavy (non-hydrogen) atoms. The molecule has 0 atom stereocenters. The van der Waals surface area contributed by atoms with Crippen molar-refractivity contribution >= 4 is 11.9 Å². The summed E-state index contributed by atoms with van der Waals surface area (Å²) in [6.07, 6.45) is 2.97. The van der Waals surface area contributed by atoms with Crippen LogP contribution in [0.5, 0.6) is 5.75 Å². The maximum absolute atomic E-state index is 12.4. The van der Waals surface area contributed by atoms with Gasteiger partial charge in [0.1, 0.15) is 12.4 Å². The van der Waals surface area contributed by atoms with Crippen LogP contribution in [0.15, 0.2) is 36.9 Å². The molecule has 5 heteroatoms. The van der Waals surface area contributed by atoms with Gasteiger partial charge < -0.3 is 14.4 Å². The predicted octanol–water partition coefficient (Wildman–Crippen LogP) is 2.28.